The largest absolute Gasteiger partial charge is 0.348 e. The summed E-state index contributed by atoms with van der Waals surface area (Å²) in [5.41, 5.74) is 0.940. The highest BCUT2D eigenvalue weighted by atomic mass is 32.2. The van der Waals surface area contributed by atoms with Gasteiger partial charge >= 0.3 is 0 Å². The van der Waals surface area contributed by atoms with Crippen molar-refractivity contribution in [2.75, 3.05) is 29.6 Å². The first-order valence-electron chi connectivity index (χ1n) is 8.69. The van der Waals surface area contributed by atoms with Gasteiger partial charge in [-0.25, -0.2) is 4.98 Å². The number of thiazole rings is 1. The molecule has 1 fully saturated rings. The van der Waals surface area contributed by atoms with Gasteiger partial charge < -0.3 is 10.2 Å². The van der Waals surface area contributed by atoms with Crippen molar-refractivity contribution < 1.29 is 4.79 Å². The average molecular weight is 402 g/mol. The number of carbonyl (C=O) groups excluding carboxylic acids is 1. The minimum Gasteiger partial charge on any atom is -0.348 e. The maximum atomic E-state index is 12.7. The second kappa shape index (κ2) is 7.69. The highest BCUT2D eigenvalue weighted by Gasteiger charge is 2.19. The number of nitrogens with zero attached hydrogens (tertiary/aromatic N) is 4. The number of carbonyl (C=O) groups is 1. The van der Waals surface area contributed by atoms with Crippen LogP contribution in [0.25, 0.3) is 10.3 Å². The van der Waals surface area contributed by atoms with Crippen molar-refractivity contribution in [3.8, 4) is 0 Å². The number of nitrogens with one attached hydrogen (secondary N) is 1. The van der Waals surface area contributed by atoms with Crippen LogP contribution in [-0.4, -0.2) is 39.8 Å². The van der Waals surface area contributed by atoms with E-state index >= 15 is 0 Å². The lowest BCUT2D eigenvalue weighted by Crippen LogP contribution is -2.27. The zero-order chi connectivity index (χ0) is 18.8. The van der Waals surface area contributed by atoms with Crippen LogP contribution in [0.4, 0.5) is 10.8 Å². The van der Waals surface area contributed by atoms with E-state index < -0.39 is 0 Å². The monoisotopic (exact) mass is 401 g/mol. The summed E-state index contributed by atoms with van der Waals surface area (Å²) in [7, 11) is 0. The van der Waals surface area contributed by atoms with Crippen molar-refractivity contribution in [1.82, 2.24) is 14.5 Å². The molecule has 1 aromatic carbocycles. The fraction of sp³-hybridized carbons (Fsp3) is 0.333. The molecule has 9 heteroatoms. The molecular formula is C18H19N5O2S2. The molecule has 0 atom stereocenters. The Hall–Kier alpha value is -2.39. The van der Waals surface area contributed by atoms with Gasteiger partial charge in [-0.15, -0.1) is 11.8 Å². The molecule has 7 nitrogen and oxygen atoms in total. The van der Waals surface area contributed by atoms with E-state index in [2.05, 4.69) is 20.2 Å². The SMILES string of the molecule is CSc1cccc(NC(=O)Cn2cnc3nc(N4CCCC4)sc3c2=O)c1. The van der Waals surface area contributed by atoms with Crippen molar-refractivity contribution >= 4 is 50.2 Å². The van der Waals surface area contributed by atoms with Crippen molar-refractivity contribution in [1.29, 1.82) is 0 Å². The van der Waals surface area contributed by atoms with Crippen LogP contribution in [0, 0.1) is 0 Å². The molecule has 1 amide bonds. The third kappa shape index (κ3) is 3.84. The Labute approximate surface area is 164 Å². The average Bonchev–Trinajstić information content (AvgIpc) is 3.34. The van der Waals surface area contributed by atoms with E-state index in [1.807, 2.05) is 30.5 Å². The van der Waals surface area contributed by atoms with Crippen molar-refractivity contribution in [2.45, 2.75) is 24.3 Å². The number of thioether (sulfide) groups is 1. The second-order valence-electron chi connectivity index (χ2n) is 6.30. The summed E-state index contributed by atoms with van der Waals surface area (Å²) in [6.07, 6.45) is 5.67. The quantitative estimate of drug-likeness (QED) is 0.662. The molecule has 4 rings (SSSR count). The zero-order valence-electron chi connectivity index (χ0n) is 14.8. The molecule has 0 bridgehead atoms. The number of rotatable bonds is 5. The standard InChI is InChI=1S/C18H19N5O2S2/c1-26-13-6-4-5-12(9-13)20-14(24)10-23-11-19-16-15(17(23)25)27-18(21-16)22-7-2-3-8-22/h4-6,9,11H,2-3,7-8,10H2,1H3,(H,20,24). The summed E-state index contributed by atoms with van der Waals surface area (Å²) in [4.78, 5) is 37.1. The van der Waals surface area contributed by atoms with Gasteiger partial charge in [-0.3, -0.25) is 14.2 Å². The Morgan fingerprint density at radius 1 is 1.33 bits per heavy atom. The molecule has 0 unspecified atom stereocenters. The van der Waals surface area contributed by atoms with E-state index in [9.17, 15) is 9.59 Å². The van der Waals surface area contributed by atoms with E-state index in [-0.39, 0.29) is 18.0 Å². The highest BCUT2D eigenvalue weighted by molar-refractivity contribution is 7.98. The van der Waals surface area contributed by atoms with Gasteiger partial charge in [0.25, 0.3) is 5.56 Å². The third-order valence-corrected chi connectivity index (χ3v) is 6.24. The lowest BCUT2D eigenvalue weighted by molar-refractivity contribution is -0.116. The van der Waals surface area contributed by atoms with Gasteiger partial charge in [0.05, 0.1) is 0 Å². The maximum Gasteiger partial charge on any atom is 0.273 e. The molecule has 0 saturated carbocycles. The first-order chi connectivity index (χ1) is 13.1. The Bertz CT molecular complexity index is 1040. The Morgan fingerprint density at radius 2 is 2.15 bits per heavy atom. The van der Waals surface area contributed by atoms with Crippen molar-refractivity contribution in [3.05, 3.63) is 40.9 Å². The number of aromatic nitrogens is 3. The fourth-order valence-corrected chi connectivity index (χ4v) is 4.53. The van der Waals surface area contributed by atoms with Gasteiger partial charge in [0.15, 0.2) is 10.8 Å². The predicted molar refractivity (Wildman–Crippen MR) is 110 cm³/mol. The second-order valence-corrected chi connectivity index (χ2v) is 8.16. The lowest BCUT2D eigenvalue weighted by Gasteiger charge is -2.11. The number of amides is 1. The Kier molecular flexibility index (Phi) is 5.13. The summed E-state index contributed by atoms with van der Waals surface area (Å²) < 4.78 is 1.83. The summed E-state index contributed by atoms with van der Waals surface area (Å²) in [6.45, 7) is 1.85. The Balaban J connectivity index is 1.53. The molecule has 0 aliphatic carbocycles. The van der Waals surface area contributed by atoms with Crippen molar-refractivity contribution in [2.24, 2.45) is 0 Å². The summed E-state index contributed by atoms with van der Waals surface area (Å²) in [5.74, 6) is -0.263. The van der Waals surface area contributed by atoms with E-state index in [4.69, 9.17) is 0 Å². The highest BCUT2D eigenvalue weighted by Crippen LogP contribution is 2.27. The van der Waals surface area contributed by atoms with Crippen LogP contribution in [0.15, 0.2) is 40.3 Å². The van der Waals surface area contributed by atoms with Crippen LogP contribution in [0.1, 0.15) is 12.8 Å². The summed E-state index contributed by atoms with van der Waals surface area (Å²) >= 11 is 2.96. The van der Waals surface area contributed by atoms with Crippen LogP contribution >= 0.6 is 23.1 Å². The molecule has 1 aliphatic heterocycles. The first kappa shape index (κ1) is 18.0. The van der Waals surface area contributed by atoms with Crippen LogP contribution in [0.3, 0.4) is 0 Å². The van der Waals surface area contributed by atoms with Gasteiger partial charge in [0.1, 0.15) is 17.6 Å². The smallest absolute Gasteiger partial charge is 0.273 e. The van der Waals surface area contributed by atoms with Crippen LogP contribution in [0.5, 0.6) is 0 Å². The first-order valence-corrected chi connectivity index (χ1v) is 10.7. The number of hydrogen-bond acceptors (Lipinski definition) is 7. The molecule has 1 aliphatic rings. The predicted octanol–water partition coefficient (Wildman–Crippen LogP) is 2.81. The fourth-order valence-electron chi connectivity index (χ4n) is 3.05. The molecule has 0 radical (unpaired) electrons. The molecule has 0 spiro atoms. The van der Waals surface area contributed by atoms with Crippen LogP contribution in [0.2, 0.25) is 0 Å². The minimum absolute atomic E-state index is 0.0811. The summed E-state index contributed by atoms with van der Waals surface area (Å²) in [6, 6.07) is 7.59. The van der Waals surface area contributed by atoms with Crippen LogP contribution in [-0.2, 0) is 11.3 Å². The number of hydrogen-bond donors (Lipinski definition) is 1. The van der Waals surface area contributed by atoms with Gasteiger partial charge in [-0.05, 0) is 37.3 Å². The summed E-state index contributed by atoms with van der Waals surface area (Å²) in [5, 5.41) is 3.67. The van der Waals surface area contributed by atoms with E-state index in [0.717, 1.165) is 36.0 Å². The molecule has 1 N–H and O–H groups in total. The molecule has 140 valence electrons. The topological polar surface area (TPSA) is 80.1 Å². The minimum atomic E-state index is -0.263. The molecule has 2 aromatic heterocycles. The third-order valence-electron chi connectivity index (χ3n) is 4.42. The zero-order valence-corrected chi connectivity index (χ0v) is 16.5. The number of anilines is 2. The van der Waals surface area contributed by atoms with Gasteiger partial charge in [0, 0.05) is 23.7 Å². The van der Waals surface area contributed by atoms with Gasteiger partial charge in [-0.1, -0.05) is 17.4 Å². The number of benzene rings is 1. The number of fused-ring (bicyclic) bond motifs is 1. The molecule has 3 heterocycles. The van der Waals surface area contributed by atoms with Crippen molar-refractivity contribution in [3.63, 3.8) is 0 Å². The Morgan fingerprint density at radius 3 is 2.93 bits per heavy atom. The van der Waals surface area contributed by atoms with E-state index in [1.54, 1.807) is 11.8 Å². The maximum absolute atomic E-state index is 12.7. The van der Waals surface area contributed by atoms with E-state index in [0.29, 0.717) is 16.0 Å². The molecule has 1 saturated heterocycles. The molecule has 27 heavy (non-hydrogen) atoms. The molecular weight excluding hydrogens is 382 g/mol. The molecule has 3 aromatic rings. The normalized spacial score (nSPS) is 14.0. The van der Waals surface area contributed by atoms with Gasteiger partial charge in [0.2, 0.25) is 5.91 Å². The lowest BCUT2D eigenvalue weighted by atomic mass is 10.3. The van der Waals surface area contributed by atoms with Crippen LogP contribution < -0.4 is 15.8 Å². The van der Waals surface area contributed by atoms with E-state index in [1.165, 1.54) is 22.2 Å². The van der Waals surface area contributed by atoms with Gasteiger partial charge in [-0.2, -0.15) is 4.98 Å².